The summed E-state index contributed by atoms with van der Waals surface area (Å²) in [7, 11) is 0. The number of nitrogens with two attached hydrogens (primary N) is 3. The van der Waals surface area contributed by atoms with Crippen molar-refractivity contribution in [2.24, 2.45) is 5.73 Å². The second-order valence-electron chi connectivity index (χ2n) is 2.27. The minimum absolute atomic E-state index is 0.0148. The molecule has 0 atom stereocenters. The van der Waals surface area contributed by atoms with E-state index in [0.717, 1.165) is 0 Å². The fourth-order valence-electron chi connectivity index (χ4n) is 0.744. The van der Waals surface area contributed by atoms with Crippen LogP contribution in [0, 0.1) is 0 Å². The molecule has 0 saturated carbocycles. The van der Waals surface area contributed by atoms with Gasteiger partial charge in [-0.3, -0.25) is 9.78 Å². The third kappa shape index (κ3) is 1.82. The van der Waals surface area contributed by atoms with E-state index in [0.29, 0.717) is 5.69 Å². The molecular weight excluding hydrogens is 158 g/mol. The van der Waals surface area contributed by atoms with Gasteiger partial charge in [0.1, 0.15) is 11.6 Å². The first-order valence-electron chi connectivity index (χ1n) is 3.24. The van der Waals surface area contributed by atoms with Crippen LogP contribution in [0.2, 0.25) is 0 Å². The Morgan fingerprint density at radius 3 is 2.67 bits per heavy atom. The lowest BCUT2D eigenvalue weighted by Crippen LogP contribution is -2.16. The highest BCUT2D eigenvalue weighted by Crippen LogP contribution is 2.06. The number of rotatable bonds is 2. The van der Waals surface area contributed by atoms with Crippen molar-refractivity contribution in [3.63, 3.8) is 0 Å². The smallest absolute Gasteiger partial charge is 0.223 e. The molecule has 0 unspecified atom stereocenters. The van der Waals surface area contributed by atoms with Gasteiger partial charge in [0.05, 0.1) is 18.3 Å². The fraction of sp³-hybridized carbons (Fsp3) is 0.167. The summed E-state index contributed by atoms with van der Waals surface area (Å²) in [5.74, 6) is -0.129. The van der Waals surface area contributed by atoms with Crippen LogP contribution in [-0.4, -0.2) is 15.9 Å². The zero-order valence-electron chi connectivity index (χ0n) is 6.32. The molecule has 1 aromatic heterocycles. The summed E-state index contributed by atoms with van der Waals surface area (Å²) < 4.78 is 0. The maximum atomic E-state index is 10.5. The minimum Gasteiger partial charge on any atom is -0.382 e. The number of hydrogen-bond acceptors (Lipinski definition) is 5. The van der Waals surface area contributed by atoms with Gasteiger partial charge in [0.25, 0.3) is 0 Å². The van der Waals surface area contributed by atoms with Crippen molar-refractivity contribution in [1.82, 2.24) is 9.97 Å². The van der Waals surface area contributed by atoms with Gasteiger partial charge in [-0.15, -0.1) is 0 Å². The number of nitrogens with zero attached hydrogens (tertiary/aromatic N) is 2. The van der Waals surface area contributed by atoms with Crippen molar-refractivity contribution in [2.45, 2.75) is 6.42 Å². The van der Waals surface area contributed by atoms with Crippen LogP contribution in [0.3, 0.4) is 0 Å². The van der Waals surface area contributed by atoms with Crippen LogP contribution in [0.15, 0.2) is 6.20 Å². The van der Waals surface area contributed by atoms with E-state index in [-0.39, 0.29) is 18.1 Å². The van der Waals surface area contributed by atoms with Gasteiger partial charge in [-0.05, 0) is 0 Å². The molecule has 0 fully saturated rings. The van der Waals surface area contributed by atoms with Crippen molar-refractivity contribution >= 4 is 17.5 Å². The molecule has 0 aliphatic heterocycles. The van der Waals surface area contributed by atoms with Crippen molar-refractivity contribution in [3.8, 4) is 0 Å². The van der Waals surface area contributed by atoms with Crippen LogP contribution in [0.1, 0.15) is 5.69 Å². The van der Waals surface area contributed by atoms with Crippen LogP contribution >= 0.6 is 0 Å². The molecular formula is C6H9N5O. The third-order valence-corrected chi connectivity index (χ3v) is 1.24. The molecule has 6 N–H and O–H groups in total. The number of carbonyl (C=O) groups excluding carboxylic acids is 1. The summed E-state index contributed by atoms with van der Waals surface area (Å²) in [4.78, 5) is 18.0. The largest absolute Gasteiger partial charge is 0.382 e. The van der Waals surface area contributed by atoms with Gasteiger partial charge in [0.2, 0.25) is 5.91 Å². The molecule has 0 radical (unpaired) electrons. The van der Waals surface area contributed by atoms with Gasteiger partial charge in [-0.2, -0.15) is 0 Å². The molecule has 12 heavy (non-hydrogen) atoms. The highest BCUT2D eigenvalue weighted by molar-refractivity contribution is 5.77. The second kappa shape index (κ2) is 3.04. The second-order valence-corrected chi connectivity index (χ2v) is 2.27. The van der Waals surface area contributed by atoms with Crippen molar-refractivity contribution in [2.75, 3.05) is 11.5 Å². The molecule has 1 heterocycles. The molecule has 0 aliphatic rings. The molecule has 1 rings (SSSR count). The average molecular weight is 167 g/mol. The molecule has 0 aliphatic carbocycles. The number of carbonyl (C=O) groups is 1. The summed E-state index contributed by atoms with van der Waals surface area (Å²) >= 11 is 0. The maximum Gasteiger partial charge on any atom is 0.223 e. The van der Waals surface area contributed by atoms with Crippen LogP contribution in [-0.2, 0) is 11.2 Å². The Morgan fingerprint density at radius 1 is 1.50 bits per heavy atom. The van der Waals surface area contributed by atoms with Gasteiger partial charge in [-0.1, -0.05) is 0 Å². The van der Waals surface area contributed by atoms with E-state index in [9.17, 15) is 4.79 Å². The molecule has 0 spiro atoms. The number of hydrogen-bond donors (Lipinski definition) is 3. The predicted molar refractivity (Wildman–Crippen MR) is 43.8 cm³/mol. The Kier molecular flexibility index (Phi) is 2.09. The van der Waals surface area contributed by atoms with Crippen molar-refractivity contribution < 1.29 is 4.79 Å². The Balaban J connectivity index is 2.93. The first-order valence-corrected chi connectivity index (χ1v) is 3.24. The number of nitrogen functional groups attached to an aromatic ring is 2. The number of amides is 1. The third-order valence-electron chi connectivity index (χ3n) is 1.24. The van der Waals surface area contributed by atoms with Crippen molar-refractivity contribution in [3.05, 3.63) is 11.9 Å². The Labute approximate surface area is 68.8 Å². The van der Waals surface area contributed by atoms with E-state index in [1.54, 1.807) is 0 Å². The van der Waals surface area contributed by atoms with Gasteiger partial charge in [-0.25, -0.2) is 4.98 Å². The van der Waals surface area contributed by atoms with E-state index >= 15 is 0 Å². The summed E-state index contributed by atoms with van der Waals surface area (Å²) in [5.41, 5.74) is 16.0. The summed E-state index contributed by atoms with van der Waals surface area (Å²) in [6.45, 7) is 0. The van der Waals surface area contributed by atoms with Crippen molar-refractivity contribution in [1.29, 1.82) is 0 Å². The minimum atomic E-state index is -0.499. The zero-order valence-corrected chi connectivity index (χ0v) is 6.32. The normalized spacial score (nSPS) is 9.67. The number of aromatic nitrogens is 2. The van der Waals surface area contributed by atoms with E-state index in [1.807, 2.05) is 0 Å². The van der Waals surface area contributed by atoms with E-state index in [1.165, 1.54) is 6.20 Å². The lowest BCUT2D eigenvalue weighted by atomic mass is 10.3. The number of primary amides is 1. The Morgan fingerprint density at radius 2 is 2.17 bits per heavy atom. The average Bonchev–Trinajstić information content (AvgIpc) is 1.94. The SMILES string of the molecule is NC(=O)Cc1ncc(N)nc1N. The molecule has 0 aromatic carbocycles. The quantitative estimate of drug-likeness (QED) is 0.503. The summed E-state index contributed by atoms with van der Waals surface area (Å²) in [6.07, 6.45) is 1.31. The number of anilines is 2. The highest BCUT2D eigenvalue weighted by Gasteiger charge is 2.05. The molecule has 6 nitrogen and oxygen atoms in total. The van der Waals surface area contributed by atoms with Crippen LogP contribution in [0.5, 0.6) is 0 Å². The Bertz CT molecular complexity index is 311. The van der Waals surface area contributed by atoms with E-state index in [4.69, 9.17) is 17.2 Å². The predicted octanol–water partition coefficient (Wildman–Crippen LogP) is -1.33. The molecule has 1 amide bonds. The summed E-state index contributed by atoms with van der Waals surface area (Å²) in [6, 6.07) is 0. The van der Waals surface area contributed by atoms with E-state index in [2.05, 4.69) is 9.97 Å². The lowest BCUT2D eigenvalue weighted by molar-refractivity contribution is -0.117. The highest BCUT2D eigenvalue weighted by atomic mass is 16.1. The van der Waals surface area contributed by atoms with Crippen LogP contribution < -0.4 is 17.2 Å². The zero-order chi connectivity index (χ0) is 9.14. The van der Waals surface area contributed by atoms with Crippen LogP contribution in [0.4, 0.5) is 11.6 Å². The van der Waals surface area contributed by atoms with Crippen LogP contribution in [0.25, 0.3) is 0 Å². The van der Waals surface area contributed by atoms with E-state index < -0.39 is 5.91 Å². The first kappa shape index (κ1) is 8.25. The molecule has 64 valence electrons. The fourth-order valence-corrected chi connectivity index (χ4v) is 0.744. The maximum absolute atomic E-state index is 10.5. The monoisotopic (exact) mass is 167 g/mol. The summed E-state index contributed by atoms with van der Waals surface area (Å²) in [5, 5.41) is 0. The molecule has 6 heteroatoms. The molecule has 1 aromatic rings. The molecule has 0 saturated heterocycles. The van der Waals surface area contributed by atoms with Gasteiger partial charge in [0, 0.05) is 0 Å². The van der Waals surface area contributed by atoms with Gasteiger partial charge in [0.15, 0.2) is 0 Å². The Hall–Kier alpha value is -1.85. The first-order chi connectivity index (χ1) is 5.59. The molecule has 0 bridgehead atoms. The standard InChI is InChI=1S/C6H9N5O/c7-4-2-10-3(1-5(8)12)6(9)11-4/h2H,1H2,(H2,8,12)(H4,7,9,11). The van der Waals surface area contributed by atoms with Gasteiger partial charge >= 0.3 is 0 Å². The van der Waals surface area contributed by atoms with Gasteiger partial charge < -0.3 is 17.2 Å². The lowest BCUT2D eigenvalue weighted by Gasteiger charge is -2.00. The topological polar surface area (TPSA) is 121 Å².